The number of hydrogen-bond acceptors (Lipinski definition) is 3. The van der Waals surface area contributed by atoms with E-state index in [1.807, 2.05) is 19.1 Å². The monoisotopic (exact) mass is 311 g/mol. The summed E-state index contributed by atoms with van der Waals surface area (Å²) >= 11 is 0. The molecule has 1 aliphatic rings. The van der Waals surface area contributed by atoms with Gasteiger partial charge in [0.25, 0.3) is 0 Å². The molecule has 4 nitrogen and oxygen atoms in total. The molecule has 1 heterocycles. The average molecular weight is 312 g/mol. The van der Waals surface area contributed by atoms with Crippen LogP contribution < -0.4 is 11.1 Å². The molecule has 3 N–H and O–H groups in total. The molecule has 2 rings (SSSR count). The lowest BCUT2D eigenvalue weighted by atomic mass is 10.1. The molecule has 1 aromatic carbocycles. The van der Waals surface area contributed by atoms with Crippen LogP contribution in [0.25, 0.3) is 0 Å². The van der Waals surface area contributed by atoms with Crippen LogP contribution in [-0.2, 0) is 11.2 Å². The number of piperidine rings is 1. The van der Waals surface area contributed by atoms with Crippen LogP contribution >= 0.6 is 12.4 Å². The molecule has 5 heteroatoms. The van der Waals surface area contributed by atoms with Gasteiger partial charge in [-0.05, 0) is 43.9 Å². The minimum atomic E-state index is 0. The van der Waals surface area contributed by atoms with E-state index in [-0.39, 0.29) is 24.4 Å². The summed E-state index contributed by atoms with van der Waals surface area (Å²) in [4.78, 5) is 14.4. The van der Waals surface area contributed by atoms with Crippen molar-refractivity contribution in [1.29, 1.82) is 0 Å². The summed E-state index contributed by atoms with van der Waals surface area (Å²) < 4.78 is 0. The Kier molecular flexibility index (Phi) is 7.15. The van der Waals surface area contributed by atoms with Gasteiger partial charge in [0.15, 0.2) is 0 Å². The first-order valence-corrected chi connectivity index (χ1v) is 7.46. The highest BCUT2D eigenvalue weighted by molar-refractivity contribution is 5.93. The highest BCUT2D eigenvalue weighted by atomic mass is 35.5. The number of carbonyl (C=O) groups is 1. The number of likely N-dealkylation sites (tertiary alicyclic amines) is 1. The number of benzene rings is 1. The van der Waals surface area contributed by atoms with E-state index in [2.05, 4.69) is 23.2 Å². The van der Waals surface area contributed by atoms with Gasteiger partial charge in [0.2, 0.25) is 5.91 Å². The van der Waals surface area contributed by atoms with Gasteiger partial charge in [-0.2, -0.15) is 0 Å². The van der Waals surface area contributed by atoms with Crippen LogP contribution in [0.4, 0.5) is 5.69 Å². The Hall–Kier alpha value is -1.10. The van der Waals surface area contributed by atoms with Gasteiger partial charge in [0.05, 0.1) is 6.54 Å². The summed E-state index contributed by atoms with van der Waals surface area (Å²) in [6, 6.07) is 6.35. The van der Waals surface area contributed by atoms with Crippen molar-refractivity contribution in [3.63, 3.8) is 0 Å². The molecule has 1 aromatic rings. The number of para-hydroxylation sites is 1. The molecule has 0 radical (unpaired) electrons. The summed E-state index contributed by atoms with van der Waals surface area (Å²) in [6.07, 6.45) is 3.07. The molecule has 118 valence electrons. The summed E-state index contributed by atoms with van der Waals surface area (Å²) in [5.74, 6) is 0.0584. The number of aryl methyl sites for hydroxylation is 2. The second kappa shape index (κ2) is 8.37. The second-order valence-corrected chi connectivity index (χ2v) is 5.65. The van der Waals surface area contributed by atoms with E-state index in [0.717, 1.165) is 43.6 Å². The Morgan fingerprint density at radius 2 is 2.24 bits per heavy atom. The SMILES string of the molecule is CCc1cccc(C)c1NC(=O)CN1CCCC(N)C1.Cl. The minimum Gasteiger partial charge on any atom is -0.327 e. The molecule has 0 aromatic heterocycles. The zero-order valence-corrected chi connectivity index (χ0v) is 13.7. The van der Waals surface area contributed by atoms with Gasteiger partial charge in [0.1, 0.15) is 0 Å². The smallest absolute Gasteiger partial charge is 0.238 e. The van der Waals surface area contributed by atoms with E-state index in [0.29, 0.717) is 6.54 Å². The van der Waals surface area contributed by atoms with Crippen LogP contribution in [0.1, 0.15) is 30.9 Å². The molecule has 1 atom stereocenters. The van der Waals surface area contributed by atoms with Crippen molar-refractivity contribution in [2.24, 2.45) is 5.73 Å². The second-order valence-electron chi connectivity index (χ2n) is 5.65. The summed E-state index contributed by atoms with van der Waals surface area (Å²) in [6.45, 7) is 6.36. The molecule has 1 amide bonds. The lowest BCUT2D eigenvalue weighted by Gasteiger charge is -2.30. The molecule has 1 unspecified atom stereocenters. The fourth-order valence-corrected chi connectivity index (χ4v) is 2.82. The van der Waals surface area contributed by atoms with E-state index < -0.39 is 0 Å². The molecule has 0 spiro atoms. The number of anilines is 1. The molecule has 0 aliphatic carbocycles. The Morgan fingerprint density at radius 1 is 1.48 bits per heavy atom. The normalized spacial score (nSPS) is 18.9. The number of amides is 1. The third-order valence-electron chi connectivity index (χ3n) is 3.91. The van der Waals surface area contributed by atoms with E-state index in [4.69, 9.17) is 5.73 Å². The van der Waals surface area contributed by atoms with Gasteiger partial charge in [-0.15, -0.1) is 12.4 Å². The topological polar surface area (TPSA) is 58.4 Å². The van der Waals surface area contributed by atoms with Crippen LogP contribution in [0.3, 0.4) is 0 Å². The summed E-state index contributed by atoms with van der Waals surface area (Å²) in [5, 5.41) is 3.07. The molecule has 1 fully saturated rings. The zero-order chi connectivity index (χ0) is 14.5. The first kappa shape index (κ1) is 18.0. The Morgan fingerprint density at radius 3 is 2.90 bits per heavy atom. The van der Waals surface area contributed by atoms with Crippen LogP contribution in [0.15, 0.2) is 18.2 Å². The third kappa shape index (κ3) is 4.99. The first-order chi connectivity index (χ1) is 9.60. The maximum Gasteiger partial charge on any atom is 0.238 e. The van der Waals surface area contributed by atoms with Crippen molar-refractivity contribution >= 4 is 24.0 Å². The molecular weight excluding hydrogens is 286 g/mol. The molecular formula is C16H26ClN3O. The number of nitrogens with zero attached hydrogens (tertiary/aromatic N) is 1. The fraction of sp³-hybridized carbons (Fsp3) is 0.562. The zero-order valence-electron chi connectivity index (χ0n) is 12.9. The van der Waals surface area contributed by atoms with Gasteiger partial charge in [-0.3, -0.25) is 9.69 Å². The van der Waals surface area contributed by atoms with Crippen molar-refractivity contribution in [3.8, 4) is 0 Å². The van der Waals surface area contributed by atoms with E-state index in [1.165, 1.54) is 5.56 Å². The standard InChI is InChI=1S/C16H25N3O.ClH/c1-3-13-7-4-6-12(2)16(13)18-15(20)11-19-9-5-8-14(17)10-19;/h4,6-7,14H,3,5,8-11,17H2,1-2H3,(H,18,20);1H. The van der Waals surface area contributed by atoms with Crippen LogP contribution in [0.2, 0.25) is 0 Å². The van der Waals surface area contributed by atoms with E-state index in [1.54, 1.807) is 0 Å². The highest BCUT2D eigenvalue weighted by Crippen LogP contribution is 2.21. The van der Waals surface area contributed by atoms with Crippen molar-refractivity contribution < 1.29 is 4.79 Å². The van der Waals surface area contributed by atoms with E-state index in [9.17, 15) is 4.79 Å². The van der Waals surface area contributed by atoms with Gasteiger partial charge < -0.3 is 11.1 Å². The number of carbonyl (C=O) groups excluding carboxylic acids is 1. The predicted molar refractivity (Wildman–Crippen MR) is 90.1 cm³/mol. The van der Waals surface area contributed by atoms with Crippen molar-refractivity contribution in [3.05, 3.63) is 29.3 Å². The van der Waals surface area contributed by atoms with Crippen LogP contribution in [0, 0.1) is 6.92 Å². The lowest BCUT2D eigenvalue weighted by Crippen LogP contribution is -2.45. The summed E-state index contributed by atoms with van der Waals surface area (Å²) in [7, 11) is 0. The van der Waals surface area contributed by atoms with Crippen LogP contribution in [-0.4, -0.2) is 36.5 Å². The maximum absolute atomic E-state index is 12.2. The van der Waals surface area contributed by atoms with Gasteiger partial charge in [0, 0.05) is 18.3 Å². The number of halogens is 1. The van der Waals surface area contributed by atoms with Crippen LogP contribution in [0.5, 0.6) is 0 Å². The highest BCUT2D eigenvalue weighted by Gasteiger charge is 2.19. The van der Waals surface area contributed by atoms with Crippen molar-refractivity contribution in [2.45, 2.75) is 39.2 Å². The first-order valence-electron chi connectivity index (χ1n) is 7.46. The molecule has 1 saturated heterocycles. The average Bonchev–Trinajstić information content (AvgIpc) is 2.41. The van der Waals surface area contributed by atoms with Gasteiger partial charge >= 0.3 is 0 Å². The Balaban J connectivity index is 0.00000220. The number of nitrogens with one attached hydrogen (secondary N) is 1. The fourth-order valence-electron chi connectivity index (χ4n) is 2.82. The summed E-state index contributed by atoms with van der Waals surface area (Å²) in [5.41, 5.74) is 9.23. The quantitative estimate of drug-likeness (QED) is 0.897. The third-order valence-corrected chi connectivity index (χ3v) is 3.91. The Bertz CT molecular complexity index is 479. The van der Waals surface area contributed by atoms with Gasteiger partial charge in [-0.25, -0.2) is 0 Å². The molecule has 21 heavy (non-hydrogen) atoms. The minimum absolute atomic E-state index is 0. The number of nitrogens with two attached hydrogens (primary N) is 1. The lowest BCUT2D eigenvalue weighted by molar-refractivity contribution is -0.117. The Labute approximate surface area is 133 Å². The number of rotatable bonds is 4. The predicted octanol–water partition coefficient (Wildman–Crippen LogP) is 2.34. The molecule has 0 saturated carbocycles. The maximum atomic E-state index is 12.2. The van der Waals surface area contributed by atoms with Gasteiger partial charge in [-0.1, -0.05) is 25.1 Å². The molecule has 0 bridgehead atoms. The number of hydrogen-bond donors (Lipinski definition) is 2. The molecule has 1 aliphatic heterocycles. The largest absolute Gasteiger partial charge is 0.327 e. The van der Waals surface area contributed by atoms with Crippen molar-refractivity contribution in [1.82, 2.24) is 4.90 Å². The van der Waals surface area contributed by atoms with Crippen molar-refractivity contribution in [2.75, 3.05) is 25.0 Å². The van der Waals surface area contributed by atoms with E-state index >= 15 is 0 Å².